The van der Waals surface area contributed by atoms with Crippen LogP contribution in [0.25, 0.3) is 0 Å². The molecule has 2 rings (SSSR count). The molecule has 26 heavy (non-hydrogen) atoms. The molecule has 0 amide bonds. The zero-order valence-electron chi connectivity index (χ0n) is 15.5. The molecule has 0 heterocycles. The van der Waals surface area contributed by atoms with E-state index in [9.17, 15) is 4.39 Å². The van der Waals surface area contributed by atoms with Crippen molar-refractivity contribution in [2.75, 3.05) is 27.2 Å². The smallest absolute Gasteiger partial charge is 0.193 e. The number of aliphatic imine (C=N–C) groups is 1. The van der Waals surface area contributed by atoms with Gasteiger partial charge in [-0.15, -0.1) is 0 Å². The Morgan fingerprint density at radius 1 is 1.23 bits per heavy atom. The summed E-state index contributed by atoms with van der Waals surface area (Å²) < 4.78 is 19.2. The number of halogens is 1. The number of ether oxygens (including phenoxy) is 1. The lowest BCUT2D eigenvalue weighted by Crippen LogP contribution is -2.40. The average Bonchev–Trinajstić information content (AvgIpc) is 2.65. The number of benzene rings is 2. The van der Waals surface area contributed by atoms with Crippen LogP contribution in [0.4, 0.5) is 4.39 Å². The Bertz CT molecular complexity index is 732. The monoisotopic (exact) mass is 359 g/mol. The number of aliphatic hydroxyl groups is 1. The number of nitrogens with zero attached hydrogens (tertiary/aromatic N) is 2. The molecular formula is C20H26FN3O2. The molecule has 0 unspecified atom stereocenters. The van der Waals surface area contributed by atoms with Gasteiger partial charge in [-0.1, -0.05) is 23.8 Å². The largest absolute Gasteiger partial charge is 0.492 e. The Hall–Kier alpha value is -2.60. The van der Waals surface area contributed by atoms with E-state index in [2.05, 4.69) is 10.3 Å². The molecule has 0 aliphatic carbocycles. The van der Waals surface area contributed by atoms with Gasteiger partial charge in [0.25, 0.3) is 0 Å². The number of hydrogen-bond acceptors (Lipinski definition) is 3. The van der Waals surface area contributed by atoms with Crippen molar-refractivity contribution in [2.24, 2.45) is 4.99 Å². The fourth-order valence-corrected chi connectivity index (χ4v) is 2.47. The van der Waals surface area contributed by atoms with Crippen LogP contribution in [-0.2, 0) is 13.2 Å². The predicted octanol–water partition coefficient (Wildman–Crippen LogP) is 2.71. The third-order valence-corrected chi connectivity index (χ3v) is 4.02. The third-order valence-electron chi connectivity index (χ3n) is 4.02. The molecule has 0 saturated heterocycles. The van der Waals surface area contributed by atoms with E-state index in [4.69, 9.17) is 9.84 Å². The van der Waals surface area contributed by atoms with Gasteiger partial charge in [-0.3, -0.25) is 4.99 Å². The number of aliphatic hydroxyl groups excluding tert-OH is 1. The first kappa shape index (κ1) is 19.7. The minimum atomic E-state index is -0.397. The van der Waals surface area contributed by atoms with Crippen LogP contribution >= 0.6 is 0 Å². The molecule has 0 aromatic heterocycles. The summed E-state index contributed by atoms with van der Waals surface area (Å²) in [7, 11) is 3.64. The molecule has 0 aliphatic rings. The average molecular weight is 359 g/mol. The summed E-state index contributed by atoms with van der Waals surface area (Å²) >= 11 is 0. The van der Waals surface area contributed by atoms with Gasteiger partial charge in [0.05, 0.1) is 13.2 Å². The highest BCUT2D eigenvalue weighted by Crippen LogP contribution is 2.12. The van der Waals surface area contributed by atoms with Gasteiger partial charge in [-0.2, -0.15) is 0 Å². The summed E-state index contributed by atoms with van der Waals surface area (Å²) in [5, 5.41) is 12.4. The standard InChI is InChI=1S/C20H26FN3O2/c1-15-4-7-18(8-5-15)26-11-10-24(3)20(22-2)23-13-16-6-9-19(21)17(12-16)14-25/h4-9,12,25H,10-11,13-14H2,1-3H3,(H,22,23). The van der Waals surface area contributed by atoms with Crippen LogP contribution in [-0.4, -0.2) is 43.2 Å². The van der Waals surface area contributed by atoms with E-state index in [-0.39, 0.29) is 6.61 Å². The summed E-state index contributed by atoms with van der Waals surface area (Å²) in [6.07, 6.45) is 0. The van der Waals surface area contributed by atoms with Gasteiger partial charge in [-0.25, -0.2) is 4.39 Å². The van der Waals surface area contributed by atoms with Crippen LogP contribution in [0, 0.1) is 12.7 Å². The molecule has 0 aliphatic heterocycles. The molecule has 140 valence electrons. The first-order valence-electron chi connectivity index (χ1n) is 8.53. The van der Waals surface area contributed by atoms with E-state index >= 15 is 0 Å². The molecule has 0 atom stereocenters. The van der Waals surface area contributed by atoms with Gasteiger partial charge < -0.3 is 20.1 Å². The minimum absolute atomic E-state index is 0.291. The normalized spacial score (nSPS) is 11.3. The van der Waals surface area contributed by atoms with E-state index in [0.717, 1.165) is 11.3 Å². The first-order valence-corrected chi connectivity index (χ1v) is 8.53. The Morgan fingerprint density at radius 3 is 2.62 bits per heavy atom. The van der Waals surface area contributed by atoms with E-state index < -0.39 is 5.82 Å². The van der Waals surface area contributed by atoms with Crippen molar-refractivity contribution < 1.29 is 14.2 Å². The van der Waals surface area contributed by atoms with Gasteiger partial charge in [0.1, 0.15) is 18.2 Å². The molecule has 0 bridgehead atoms. The number of nitrogens with one attached hydrogen (secondary N) is 1. The Morgan fingerprint density at radius 2 is 1.96 bits per heavy atom. The second kappa shape index (κ2) is 9.77. The maximum Gasteiger partial charge on any atom is 0.193 e. The van der Waals surface area contributed by atoms with E-state index in [1.165, 1.54) is 11.6 Å². The van der Waals surface area contributed by atoms with Gasteiger partial charge in [0, 0.05) is 26.2 Å². The van der Waals surface area contributed by atoms with Crippen LogP contribution in [0.15, 0.2) is 47.5 Å². The summed E-state index contributed by atoms with van der Waals surface area (Å²) in [5.41, 5.74) is 2.37. The predicted molar refractivity (Wildman–Crippen MR) is 102 cm³/mol. The molecule has 0 fully saturated rings. The number of hydrogen-bond donors (Lipinski definition) is 2. The van der Waals surface area contributed by atoms with Crippen molar-refractivity contribution in [3.05, 3.63) is 65.0 Å². The number of guanidine groups is 1. The highest BCUT2D eigenvalue weighted by Gasteiger charge is 2.07. The molecule has 5 nitrogen and oxygen atoms in total. The minimum Gasteiger partial charge on any atom is -0.492 e. The maximum atomic E-state index is 13.4. The van der Waals surface area contributed by atoms with Gasteiger partial charge in [0.2, 0.25) is 0 Å². The lowest BCUT2D eigenvalue weighted by molar-refractivity contribution is 0.275. The zero-order chi connectivity index (χ0) is 18.9. The van der Waals surface area contributed by atoms with Gasteiger partial charge >= 0.3 is 0 Å². The zero-order valence-corrected chi connectivity index (χ0v) is 15.5. The van der Waals surface area contributed by atoms with E-state index in [1.54, 1.807) is 19.2 Å². The highest BCUT2D eigenvalue weighted by atomic mass is 19.1. The molecule has 0 spiro atoms. The fourth-order valence-electron chi connectivity index (χ4n) is 2.47. The molecule has 2 aromatic carbocycles. The highest BCUT2D eigenvalue weighted by molar-refractivity contribution is 5.79. The fraction of sp³-hybridized carbons (Fsp3) is 0.350. The SMILES string of the molecule is CN=C(NCc1ccc(F)c(CO)c1)N(C)CCOc1ccc(C)cc1. The van der Waals surface area contributed by atoms with Crippen LogP contribution in [0.1, 0.15) is 16.7 Å². The number of likely N-dealkylation sites (N-methyl/N-ethyl adjacent to an activating group) is 1. The van der Waals surface area contributed by atoms with Gasteiger partial charge in [0.15, 0.2) is 5.96 Å². The molecule has 0 saturated carbocycles. The summed E-state index contributed by atoms with van der Waals surface area (Å²) in [6, 6.07) is 12.6. The molecule has 2 aromatic rings. The van der Waals surface area contributed by atoms with Crippen LogP contribution < -0.4 is 10.1 Å². The molecular weight excluding hydrogens is 333 g/mol. The number of aryl methyl sites for hydroxylation is 1. The van der Waals surface area contributed by atoms with Crippen molar-refractivity contribution in [3.63, 3.8) is 0 Å². The van der Waals surface area contributed by atoms with E-state index in [0.29, 0.717) is 31.2 Å². The summed E-state index contributed by atoms with van der Waals surface area (Å²) in [5.74, 6) is 1.16. The first-order chi connectivity index (χ1) is 12.5. The Kier molecular flexibility index (Phi) is 7.41. The molecule has 6 heteroatoms. The van der Waals surface area contributed by atoms with E-state index in [1.807, 2.05) is 43.1 Å². The van der Waals surface area contributed by atoms with Crippen molar-refractivity contribution >= 4 is 5.96 Å². The van der Waals surface area contributed by atoms with Crippen LogP contribution in [0.2, 0.25) is 0 Å². The van der Waals surface area contributed by atoms with Crippen molar-refractivity contribution in [3.8, 4) is 5.75 Å². The Balaban J connectivity index is 1.82. The van der Waals surface area contributed by atoms with Crippen molar-refractivity contribution in [1.82, 2.24) is 10.2 Å². The second-order valence-electron chi connectivity index (χ2n) is 6.07. The summed E-state index contributed by atoms with van der Waals surface area (Å²) in [6.45, 7) is 3.41. The molecule has 0 radical (unpaired) electrons. The topological polar surface area (TPSA) is 57.1 Å². The van der Waals surface area contributed by atoms with Crippen LogP contribution in [0.5, 0.6) is 5.75 Å². The molecule has 2 N–H and O–H groups in total. The number of rotatable bonds is 7. The Labute approximate surface area is 154 Å². The lowest BCUT2D eigenvalue weighted by atomic mass is 10.1. The van der Waals surface area contributed by atoms with Crippen LogP contribution in [0.3, 0.4) is 0 Å². The maximum absolute atomic E-state index is 13.4. The van der Waals surface area contributed by atoms with Crippen molar-refractivity contribution in [1.29, 1.82) is 0 Å². The van der Waals surface area contributed by atoms with Gasteiger partial charge in [-0.05, 0) is 36.8 Å². The third kappa shape index (κ3) is 5.74. The summed E-state index contributed by atoms with van der Waals surface area (Å²) in [4.78, 5) is 6.22. The second-order valence-corrected chi connectivity index (χ2v) is 6.07. The van der Waals surface area contributed by atoms with Crippen molar-refractivity contribution in [2.45, 2.75) is 20.1 Å². The quantitative estimate of drug-likeness (QED) is 0.590. The lowest BCUT2D eigenvalue weighted by Gasteiger charge is -2.22.